The molecule has 0 heterocycles. The Balaban J connectivity index is 2.26. The number of carbonyl (C=O) groups is 1. The molecule has 0 unspecified atom stereocenters. The predicted octanol–water partition coefficient (Wildman–Crippen LogP) is 3.00. The fourth-order valence-corrected chi connectivity index (χ4v) is 3.46. The monoisotopic (exact) mass is 404 g/mol. The molecule has 0 radical (unpaired) electrons. The van der Waals surface area contributed by atoms with Crippen molar-refractivity contribution >= 4 is 27.7 Å². The van der Waals surface area contributed by atoms with Crippen LogP contribution in [-0.4, -0.2) is 46.4 Å². The van der Waals surface area contributed by atoms with Crippen molar-refractivity contribution in [3.63, 3.8) is 0 Å². The number of methoxy groups -OCH3 is 1. The second kappa shape index (κ2) is 9.38. The third kappa shape index (κ3) is 5.11. The molecule has 0 aliphatic rings. The van der Waals surface area contributed by atoms with Gasteiger partial charge in [-0.3, -0.25) is 4.79 Å². The van der Waals surface area contributed by atoms with Crippen molar-refractivity contribution in [1.82, 2.24) is 4.31 Å². The van der Waals surface area contributed by atoms with Crippen molar-refractivity contribution in [2.45, 2.75) is 11.8 Å². The smallest absolute Gasteiger partial charge is 0.248 e. The van der Waals surface area contributed by atoms with Crippen LogP contribution in [0.1, 0.15) is 12.5 Å². The fraction of sp³-hybridized carbons (Fsp3) is 0.250. The maximum Gasteiger partial charge on any atom is 0.248 e. The van der Waals surface area contributed by atoms with E-state index in [0.717, 1.165) is 9.87 Å². The van der Waals surface area contributed by atoms with Crippen LogP contribution in [0.3, 0.4) is 0 Å². The summed E-state index contributed by atoms with van der Waals surface area (Å²) in [5.74, 6) is 0.481. The summed E-state index contributed by atoms with van der Waals surface area (Å²) in [5, 5.41) is 2.67. The molecule has 0 aromatic heterocycles. The SMILES string of the molecule is CCOc1ccc(NC(=O)/C=C/c2ccccc2OC)cc1S(=O)(=O)N(C)C. The first-order valence-corrected chi connectivity index (χ1v) is 10.0. The first-order chi connectivity index (χ1) is 13.3. The van der Waals surface area contributed by atoms with Crippen molar-refractivity contribution in [2.75, 3.05) is 33.1 Å². The zero-order chi connectivity index (χ0) is 20.7. The molecule has 1 N–H and O–H groups in total. The Kier molecular flexibility index (Phi) is 7.19. The summed E-state index contributed by atoms with van der Waals surface area (Å²) in [4.78, 5) is 12.3. The lowest BCUT2D eigenvalue weighted by molar-refractivity contribution is -0.111. The van der Waals surface area contributed by atoms with E-state index in [1.165, 1.54) is 32.3 Å². The Labute approximate surface area is 165 Å². The van der Waals surface area contributed by atoms with E-state index in [-0.39, 0.29) is 10.6 Å². The lowest BCUT2D eigenvalue weighted by Gasteiger charge is -2.16. The third-order valence-electron chi connectivity index (χ3n) is 3.82. The van der Waals surface area contributed by atoms with Gasteiger partial charge in [-0.1, -0.05) is 18.2 Å². The quantitative estimate of drug-likeness (QED) is 0.684. The van der Waals surface area contributed by atoms with Crippen LogP contribution in [0.4, 0.5) is 5.69 Å². The van der Waals surface area contributed by atoms with Gasteiger partial charge in [0.25, 0.3) is 0 Å². The molecule has 0 atom stereocenters. The molecule has 0 bridgehead atoms. The highest BCUT2D eigenvalue weighted by Crippen LogP contribution is 2.29. The molecule has 2 aromatic carbocycles. The Morgan fingerprint density at radius 1 is 1.14 bits per heavy atom. The second-order valence-corrected chi connectivity index (χ2v) is 8.07. The molecule has 0 saturated carbocycles. The number of amides is 1. The highest BCUT2D eigenvalue weighted by molar-refractivity contribution is 7.89. The van der Waals surface area contributed by atoms with Gasteiger partial charge in [0, 0.05) is 31.4 Å². The lowest BCUT2D eigenvalue weighted by Crippen LogP contribution is -2.23. The van der Waals surface area contributed by atoms with Crippen LogP contribution in [0.2, 0.25) is 0 Å². The largest absolute Gasteiger partial charge is 0.496 e. The van der Waals surface area contributed by atoms with E-state index in [1.807, 2.05) is 18.2 Å². The van der Waals surface area contributed by atoms with E-state index < -0.39 is 15.9 Å². The summed E-state index contributed by atoms with van der Waals surface area (Å²) >= 11 is 0. The lowest BCUT2D eigenvalue weighted by atomic mass is 10.2. The second-order valence-electron chi connectivity index (χ2n) is 5.95. The van der Waals surface area contributed by atoms with Crippen molar-refractivity contribution in [2.24, 2.45) is 0 Å². The number of hydrogen-bond donors (Lipinski definition) is 1. The van der Waals surface area contributed by atoms with Crippen LogP contribution in [-0.2, 0) is 14.8 Å². The van der Waals surface area contributed by atoms with Crippen LogP contribution in [0.25, 0.3) is 6.08 Å². The summed E-state index contributed by atoms with van der Waals surface area (Å²) in [6, 6.07) is 11.8. The minimum atomic E-state index is -3.73. The highest BCUT2D eigenvalue weighted by atomic mass is 32.2. The Hall–Kier alpha value is -2.84. The number of rotatable bonds is 8. The maximum absolute atomic E-state index is 12.6. The normalized spacial score (nSPS) is 11.6. The molecule has 8 heteroatoms. The summed E-state index contributed by atoms with van der Waals surface area (Å²) < 4.78 is 36.9. The topological polar surface area (TPSA) is 84.9 Å². The molecular formula is C20H24N2O5S. The standard InChI is InChI=1S/C20H24N2O5S/c1-5-27-18-12-11-16(14-19(18)28(24,25)22(2)3)21-20(23)13-10-15-8-6-7-9-17(15)26-4/h6-14H,5H2,1-4H3,(H,21,23)/b13-10+. The average molecular weight is 404 g/mol. The van der Waals surface area contributed by atoms with E-state index >= 15 is 0 Å². The van der Waals surface area contributed by atoms with Gasteiger partial charge in [0.2, 0.25) is 15.9 Å². The van der Waals surface area contributed by atoms with Gasteiger partial charge in [-0.05, 0) is 37.3 Å². The molecule has 1 amide bonds. The molecule has 0 aliphatic heterocycles. The minimum absolute atomic E-state index is 0.00846. The molecule has 2 aromatic rings. The van der Waals surface area contributed by atoms with E-state index in [0.29, 0.717) is 18.0 Å². The third-order valence-corrected chi connectivity index (χ3v) is 5.66. The number of hydrogen-bond acceptors (Lipinski definition) is 5. The Bertz CT molecular complexity index is 968. The number of nitrogens with zero attached hydrogens (tertiary/aromatic N) is 1. The van der Waals surface area contributed by atoms with E-state index in [4.69, 9.17) is 9.47 Å². The number of carbonyl (C=O) groups excluding carboxylic acids is 1. The summed E-state index contributed by atoms with van der Waals surface area (Å²) in [5.41, 5.74) is 1.10. The van der Waals surface area contributed by atoms with Crippen LogP contribution < -0.4 is 14.8 Å². The van der Waals surface area contributed by atoms with Crippen LogP contribution in [0.5, 0.6) is 11.5 Å². The van der Waals surface area contributed by atoms with Crippen molar-refractivity contribution < 1.29 is 22.7 Å². The van der Waals surface area contributed by atoms with E-state index in [1.54, 1.807) is 32.2 Å². The molecule has 0 aliphatic carbocycles. The number of nitrogens with one attached hydrogen (secondary N) is 1. The summed E-state index contributed by atoms with van der Waals surface area (Å²) in [7, 11) is 0.699. The number of sulfonamides is 1. The van der Waals surface area contributed by atoms with Crippen molar-refractivity contribution in [3.8, 4) is 11.5 Å². The molecule has 0 spiro atoms. The molecule has 28 heavy (non-hydrogen) atoms. The molecule has 7 nitrogen and oxygen atoms in total. The molecule has 2 rings (SSSR count). The summed E-state index contributed by atoms with van der Waals surface area (Å²) in [6.07, 6.45) is 2.98. The summed E-state index contributed by atoms with van der Waals surface area (Å²) in [6.45, 7) is 2.09. The maximum atomic E-state index is 12.6. The van der Waals surface area contributed by atoms with Crippen LogP contribution >= 0.6 is 0 Å². The Morgan fingerprint density at radius 2 is 1.86 bits per heavy atom. The number of ether oxygens (including phenoxy) is 2. The zero-order valence-electron chi connectivity index (χ0n) is 16.3. The van der Waals surface area contributed by atoms with Gasteiger partial charge < -0.3 is 14.8 Å². The Morgan fingerprint density at radius 3 is 2.50 bits per heavy atom. The number of benzene rings is 2. The van der Waals surface area contributed by atoms with E-state index in [2.05, 4.69) is 5.32 Å². The predicted molar refractivity (Wildman–Crippen MR) is 109 cm³/mol. The van der Waals surface area contributed by atoms with Gasteiger partial charge in [0.05, 0.1) is 13.7 Å². The van der Waals surface area contributed by atoms with Crippen LogP contribution in [0, 0.1) is 0 Å². The van der Waals surface area contributed by atoms with E-state index in [9.17, 15) is 13.2 Å². The van der Waals surface area contributed by atoms with Crippen molar-refractivity contribution in [3.05, 3.63) is 54.1 Å². The van der Waals surface area contributed by atoms with Gasteiger partial charge in [-0.2, -0.15) is 0 Å². The molecule has 0 saturated heterocycles. The highest BCUT2D eigenvalue weighted by Gasteiger charge is 2.23. The first-order valence-electron chi connectivity index (χ1n) is 8.61. The molecule has 0 fully saturated rings. The number of para-hydroxylation sites is 1. The minimum Gasteiger partial charge on any atom is -0.496 e. The van der Waals surface area contributed by atoms with Gasteiger partial charge >= 0.3 is 0 Å². The van der Waals surface area contributed by atoms with Crippen molar-refractivity contribution in [1.29, 1.82) is 0 Å². The molecule has 150 valence electrons. The van der Waals surface area contributed by atoms with Gasteiger partial charge in [-0.25, -0.2) is 12.7 Å². The number of anilines is 1. The van der Waals surface area contributed by atoms with Gasteiger partial charge in [-0.15, -0.1) is 0 Å². The molecular weight excluding hydrogens is 380 g/mol. The van der Waals surface area contributed by atoms with Crippen LogP contribution in [0.15, 0.2) is 53.4 Å². The van der Waals surface area contributed by atoms with Gasteiger partial charge in [0.15, 0.2) is 0 Å². The zero-order valence-corrected chi connectivity index (χ0v) is 17.1. The van der Waals surface area contributed by atoms with Gasteiger partial charge in [0.1, 0.15) is 16.4 Å². The fourth-order valence-electron chi connectivity index (χ4n) is 2.41. The first kappa shape index (κ1) is 21.5. The average Bonchev–Trinajstić information content (AvgIpc) is 2.67.